The van der Waals surface area contributed by atoms with Crippen molar-refractivity contribution in [2.45, 2.75) is 0 Å². The van der Waals surface area contributed by atoms with E-state index in [0.717, 1.165) is 0 Å². The van der Waals surface area contributed by atoms with Gasteiger partial charge in [-0.3, -0.25) is 4.79 Å². The van der Waals surface area contributed by atoms with E-state index in [9.17, 15) is 9.59 Å². The third-order valence-electron chi connectivity index (χ3n) is 2.93. The molecule has 0 spiro atoms. The van der Waals surface area contributed by atoms with Crippen molar-refractivity contribution < 1.29 is 19.1 Å². The number of carboxylic acid groups (broad SMARTS) is 1. The molecule has 4 nitrogen and oxygen atoms in total. The summed E-state index contributed by atoms with van der Waals surface area (Å²) in [6, 6.07) is 4.48. The van der Waals surface area contributed by atoms with E-state index in [4.69, 9.17) is 32.7 Å². The highest BCUT2D eigenvalue weighted by atomic mass is 35.5. The van der Waals surface area contributed by atoms with Crippen LogP contribution in [-0.2, 0) is 0 Å². The molecule has 0 aliphatic heterocycles. The highest BCUT2D eigenvalue weighted by molar-refractivity contribution is 7.08. The largest absolute Gasteiger partial charge is 0.475 e. The maximum Gasteiger partial charge on any atom is 0.371 e. The highest BCUT2D eigenvalue weighted by Gasteiger charge is 2.21. The van der Waals surface area contributed by atoms with Crippen molar-refractivity contribution in [3.63, 3.8) is 0 Å². The van der Waals surface area contributed by atoms with Crippen molar-refractivity contribution in [3.05, 3.63) is 55.9 Å². The molecule has 106 valence electrons. The fourth-order valence-corrected chi connectivity index (χ4v) is 3.05. The van der Waals surface area contributed by atoms with Gasteiger partial charge >= 0.3 is 5.97 Å². The zero-order valence-electron chi connectivity index (χ0n) is 10.2. The summed E-state index contributed by atoms with van der Waals surface area (Å²) in [7, 11) is 0. The zero-order valence-corrected chi connectivity index (χ0v) is 12.6. The molecule has 1 aromatic carbocycles. The van der Waals surface area contributed by atoms with Gasteiger partial charge in [-0.2, -0.15) is 11.3 Å². The van der Waals surface area contributed by atoms with Crippen LogP contribution in [0.5, 0.6) is 0 Å². The second kappa shape index (κ2) is 5.18. The number of furan rings is 1. The number of aromatic carboxylic acids is 1. The minimum atomic E-state index is -1.22. The summed E-state index contributed by atoms with van der Waals surface area (Å²) in [4.78, 5) is 23.3. The Balaban J connectivity index is 2.22. The van der Waals surface area contributed by atoms with E-state index >= 15 is 0 Å². The van der Waals surface area contributed by atoms with E-state index in [-0.39, 0.29) is 32.7 Å². The van der Waals surface area contributed by atoms with E-state index in [1.54, 1.807) is 16.8 Å². The molecule has 1 N–H and O–H groups in total. The molecule has 0 saturated carbocycles. The summed E-state index contributed by atoms with van der Waals surface area (Å²) in [5.41, 5.74) is 0.866. The van der Waals surface area contributed by atoms with Crippen molar-refractivity contribution in [1.29, 1.82) is 0 Å². The Bertz CT molecular complexity index is 865. The number of fused-ring (bicyclic) bond motifs is 1. The fourth-order valence-electron chi connectivity index (χ4n) is 1.94. The summed E-state index contributed by atoms with van der Waals surface area (Å²) >= 11 is 13.6. The van der Waals surface area contributed by atoms with Crippen LogP contribution in [0.2, 0.25) is 10.0 Å². The molecule has 0 fully saturated rings. The number of thiophene rings is 1. The van der Waals surface area contributed by atoms with E-state index in [1.165, 1.54) is 23.5 Å². The summed E-state index contributed by atoms with van der Waals surface area (Å²) < 4.78 is 5.14. The summed E-state index contributed by atoms with van der Waals surface area (Å²) in [6.45, 7) is 0. The van der Waals surface area contributed by atoms with Crippen LogP contribution in [-0.4, -0.2) is 16.9 Å². The van der Waals surface area contributed by atoms with Crippen LogP contribution in [0.25, 0.3) is 11.0 Å². The van der Waals surface area contributed by atoms with Gasteiger partial charge in [0.1, 0.15) is 5.02 Å². The summed E-state index contributed by atoms with van der Waals surface area (Å²) in [5.74, 6) is -1.75. The fraction of sp³-hybridized carbons (Fsp3) is 0. The van der Waals surface area contributed by atoms with Gasteiger partial charge in [0.15, 0.2) is 11.4 Å². The van der Waals surface area contributed by atoms with E-state index in [0.29, 0.717) is 10.9 Å². The number of carbonyl (C=O) groups excluding carboxylic acids is 1. The van der Waals surface area contributed by atoms with Crippen LogP contribution in [0.4, 0.5) is 0 Å². The third kappa shape index (κ3) is 2.33. The average Bonchev–Trinajstić information content (AvgIpc) is 3.10. The van der Waals surface area contributed by atoms with Crippen LogP contribution in [0.1, 0.15) is 26.5 Å². The minimum absolute atomic E-state index is 0.0280. The van der Waals surface area contributed by atoms with E-state index in [1.807, 2.05) is 0 Å². The Morgan fingerprint density at radius 2 is 1.95 bits per heavy atom. The second-order valence-corrected chi connectivity index (χ2v) is 5.76. The van der Waals surface area contributed by atoms with E-state index < -0.39 is 5.97 Å². The Morgan fingerprint density at radius 3 is 2.57 bits per heavy atom. The van der Waals surface area contributed by atoms with Gasteiger partial charge in [0, 0.05) is 21.9 Å². The van der Waals surface area contributed by atoms with Crippen LogP contribution < -0.4 is 0 Å². The lowest BCUT2D eigenvalue weighted by molar-refractivity contribution is 0.0665. The summed E-state index contributed by atoms with van der Waals surface area (Å²) in [6.07, 6.45) is 0. The molecule has 0 aliphatic carbocycles. The number of carboxylic acids is 1. The van der Waals surface area contributed by atoms with Gasteiger partial charge in [-0.15, -0.1) is 0 Å². The van der Waals surface area contributed by atoms with Gasteiger partial charge in [-0.1, -0.05) is 23.2 Å². The molecule has 3 aromatic rings. The van der Waals surface area contributed by atoms with Gasteiger partial charge in [0.2, 0.25) is 5.76 Å². The van der Waals surface area contributed by atoms with Crippen LogP contribution in [0.15, 0.2) is 33.4 Å². The van der Waals surface area contributed by atoms with Crippen molar-refractivity contribution >= 4 is 57.3 Å². The average molecular weight is 341 g/mol. The molecule has 7 heteroatoms. The first-order chi connectivity index (χ1) is 9.99. The number of ketones is 1. The highest BCUT2D eigenvalue weighted by Crippen LogP contribution is 2.37. The number of carbonyl (C=O) groups is 2. The molecule has 2 aromatic heterocycles. The maximum atomic E-state index is 12.4. The number of rotatable bonds is 3. The predicted molar refractivity (Wildman–Crippen MR) is 80.9 cm³/mol. The molecular formula is C14H6Cl2O4S. The van der Waals surface area contributed by atoms with Crippen molar-refractivity contribution in [3.8, 4) is 0 Å². The second-order valence-electron chi connectivity index (χ2n) is 4.23. The molecule has 0 aliphatic rings. The predicted octanol–water partition coefficient (Wildman–Crippen LogP) is 4.73. The lowest BCUT2D eigenvalue weighted by Crippen LogP contribution is -2.00. The monoisotopic (exact) mass is 340 g/mol. The van der Waals surface area contributed by atoms with Gasteiger partial charge in [-0.05, 0) is 23.6 Å². The molecule has 3 rings (SSSR count). The molecule has 0 radical (unpaired) electrons. The SMILES string of the molecule is O=C(O)c1cc2cc(C(=O)c3ccsc3)c(Cl)c(Cl)c2o1. The maximum absolute atomic E-state index is 12.4. The van der Waals surface area contributed by atoms with Crippen LogP contribution in [0, 0.1) is 0 Å². The topological polar surface area (TPSA) is 67.5 Å². The van der Waals surface area contributed by atoms with E-state index in [2.05, 4.69) is 0 Å². The quantitative estimate of drug-likeness (QED) is 0.699. The number of benzene rings is 1. The third-order valence-corrected chi connectivity index (χ3v) is 4.46. The number of hydrogen-bond acceptors (Lipinski definition) is 4. The van der Waals surface area contributed by atoms with Crippen LogP contribution in [0.3, 0.4) is 0 Å². The van der Waals surface area contributed by atoms with Gasteiger partial charge in [0.05, 0.1) is 5.02 Å². The Hall–Kier alpha value is -1.82. The zero-order chi connectivity index (χ0) is 15.1. The molecule has 0 unspecified atom stereocenters. The standard InChI is InChI=1S/C14H6Cl2O4S/c15-10-8(12(17)6-1-2-21-5-6)3-7-4-9(14(18)19)20-13(7)11(10)16/h1-5H,(H,18,19). The van der Waals surface area contributed by atoms with Gasteiger partial charge in [0.25, 0.3) is 0 Å². The molecular weight excluding hydrogens is 335 g/mol. The Kier molecular flexibility index (Phi) is 3.49. The van der Waals surface area contributed by atoms with Crippen molar-refractivity contribution in [2.24, 2.45) is 0 Å². The normalized spacial score (nSPS) is 11.0. The minimum Gasteiger partial charge on any atom is -0.475 e. The Labute approximate surface area is 132 Å². The first kappa shape index (κ1) is 14.1. The molecule has 2 heterocycles. The van der Waals surface area contributed by atoms with Crippen LogP contribution >= 0.6 is 34.5 Å². The Morgan fingerprint density at radius 1 is 1.19 bits per heavy atom. The molecule has 0 amide bonds. The number of halogens is 2. The van der Waals surface area contributed by atoms with Gasteiger partial charge in [-0.25, -0.2) is 4.79 Å². The van der Waals surface area contributed by atoms with Crippen molar-refractivity contribution in [2.75, 3.05) is 0 Å². The molecule has 0 saturated heterocycles. The smallest absolute Gasteiger partial charge is 0.371 e. The number of hydrogen-bond donors (Lipinski definition) is 1. The van der Waals surface area contributed by atoms with Crippen molar-refractivity contribution in [1.82, 2.24) is 0 Å². The first-order valence-electron chi connectivity index (χ1n) is 5.70. The first-order valence-corrected chi connectivity index (χ1v) is 7.40. The molecule has 0 bridgehead atoms. The lowest BCUT2D eigenvalue weighted by Gasteiger charge is -2.04. The molecule has 21 heavy (non-hydrogen) atoms. The lowest BCUT2D eigenvalue weighted by atomic mass is 10.0. The van der Waals surface area contributed by atoms with Gasteiger partial charge < -0.3 is 9.52 Å². The summed E-state index contributed by atoms with van der Waals surface area (Å²) in [5, 5.41) is 12.9. The molecule has 0 atom stereocenters.